The Morgan fingerprint density at radius 1 is 0.667 bits per heavy atom. The van der Waals surface area contributed by atoms with Crippen molar-refractivity contribution in [1.82, 2.24) is 0 Å². The Kier molecular flexibility index (Phi) is 15.0. The quantitative estimate of drug-likeness (QED) is 0.131. The summed E-state index contributed by atoms with van der Waals surface area (Å²) in [5, 5.41) is 23.3. The van der Waals surface area contributed by atoms with E-state index in [0.717, 1.165) is 16.7 Å². The van der Waals surface area contributed by atoms with E-state index in [0.29, 0.717) is 6.61 Å². The molecule has 4 saturated heterocycles. The van der Waals surface area contributed by atoms with E-state index < -0.39 is 81.8 Å². The predicted octanol–water partition coefficient (Wildman–Crippen LogP) is 7.42. The van der Waals surface area contributed by atoms with E-state index in [1.165, 1.54) is 0 Å². The van der Waals surface area contributed by atoms with Crippen molar-refractivity contribution in [2.75, 3.05) is 19.8 Å². The van der Waals surface area contributed by atoms with Crippen LogP contribution >= 0.6 is 0 Å². The SMILES string of the molecule is CC1O[C@H](O[Si](C(C)C)(C(C)C)C(C)C)[C@@H](O)C(O)[C@@H]1O[C@H]1OC[C@@H](C)C(O[C@H]2OC[C@]3(COCc4ccccc4)O[C@@H](c4ccccc4)OC23)[C@H]1OCc1ccccc1. The van der Waals surface area contributed by atoms with Gasteiger partial charge in [-0.3, -0.25) is 0 Å². The average Bonchev–Trinajstić information content (AvgIpc) is 3.77. The normalized spacial score (nSPS) is 34.8. The number of hydrogen-bond acceptors (Lipinski definition) is 12. The van der Waals surface area contributed by atoms with Crippen molar-refractivity contribution in [2.24, 2.45) is 5.92 Å². The van der Waals surface area contributed by atoms with Gasteiger partial charge in [0.2, 0.25) is 8.32 Å². The summed E-state index contributed by atoms with van der Waals surface area (Å²) >= 11 is 0. The van der Waals surface area contributed by atoms with Crippen LogP contribution in [0.25, 0.3) is 0 Å². The van der Waals surface area contributed by atoms with E-state index >= 15 is 0 Å². The van der Waals surface area contributed by atoms with Crippen molar-refractivity contribution in [2.45, 2.75) is 159 Å². The second-order valence-electron chi connectivity index (χ2n) is 17.9. The highest BCUT2D eigenvalue weighted by Gasteiger charge is 2.61. The lowest BCUT2D eigenvalue weighted by Gasteiger charge is -2.50. The third-order valence-corrected chi connectivity index (χ3v) is 18.8. The molecule has 0 bridgehead atoms. The number of rotatable bonds is 17. The van der Waals surface area contributed by atoms with Crippen molar-refractivity contribution in [3.63, 3.8) is 0 Å². The van der Waals surface area contributed by atoms with Gasteiger partial charge in [0.15, 0.2) is 25.2 Å². The molecule has 0 radical (unpaired) electrons. The summed E-state index contributed by atoms with van der Waals surface area (Å²) in [7, 11) is -2.47. The van der Waals surface area contributed by atoms with Crippen molar-refractivity contribution in [3.05, 3.63) is 108 Å². The van der Waals surface area contributed by atoms with E-state index in [4.69, 9.17) is 47.1 Å². The zero-order valence-corrected chi connectivity index (χ0v) is 37.3. The summed E-state index contributed by atoms with van der Waals surface area (Å²) in [5.74, 6) is -0.166. The van der Waals surface area contributed by atoms with Gasteiger partial charge in [0.05, 0.1) is 45.2 Å². The third kappa shape index (κ3) is 9.64. The van der Waals surface area contributed by atoms with Gasteiger partial charge in [-0.2, -0.15) is 0 Å². The Morgan fingerprint density at radius 3 is 1.87 bits per heavy atom. The fraction of sp³-hybridized carbons (Fsp3) is 0.617. The highest BCUT2D eigenvalue weighted by atomic mass is 28.4. The molecule has 60 heavy (non-hydrogen) atoms. The molecule has 0 saturated carbocycles. The fourth-order valence-electron chi connectivity index (χ4n) is 9.64. The number of aliphatic hydroxyl groups is 2. The van der Waals surface area contributed by atoms with Gasteiger partial charge >= 0.3 is 0 Å². The van der Waals surface area contributed by atoms with Crippen molar-refractivity contribution in [1.29, 1.82) is 0 Å². The number of fused-ring (bicyclic) bond motifs is 1. The zero-order chi connectivity index (χ0) is 42.6. The van der Waals surface area contributed by atoms with Crippen LogP contribution in [0.1, 0.15) is 78.4 Å². The average molecular weight is 851 g/mol. The minimum Gasteiger partial charge on any atom is -0.389 e. The second-order valence-corrected chi connectivity index (χ2v) is 23.3. The molecular weight excluding hydrogens is 785 g/mol. The van der Waals surface area contributed by atoms with E-state index in [1.54, 1.807) is 0 Å². The Balaban J connectivity index is 1.11. The Hall–Kier alpha value is -2.60. The fourth-order valence-corrected chi connectivity index (χ4v) is 15.1. The second kappa shape index (κ2) is 19.8. The van der Waals surface area contributed by atoms with E-state index in [-0.39, 0.29) is 49.0 Å². The van der Waals surface area contributed by atoms with Crippen LogP contribution in [0.2, 0.25) is 16.6 Å². The van der Waals surface area contributed by atoms with Crippen LogP contribution in [0, 0.1) is 5.92 Å². The van der Waals surface area contributed by atoms with Crippen LogP contribution in [0.4, 0.5) is 0 Å². The maximum Gasteiger partial charge on any atom is 0.203 e. The molecule has 4 aliphatic heterocycles. The first-order chi connectivity index (χ1) is 28.8. The molecule has 330 valence electrons. The minimum atomic E-state index is -2.47. The highest BCUT2D eigenvalue weighted by molar-refractivity contribution is 6.77. The van der Waals surface area contributed by atoms with Gasteiger partial charge < -0.3 is 57.3 Å². The number of ether oxygens (including phenoxy) is 9. The molecule has 7 rings (SSSR count). The van der Waals surface area contributed by atoms with Crippen LogP contribution in [0.5, 0.6) is 0 Å². The molecule has 0 aliphatic carbocycles. The molecule has 0 spiro atoms. The van der Waals surface area contributed by atoms with Crippen molar-refractivity contribution >= 4 is 8.32 Å². The van der Waals surface area contributed by atoms with Gasteiger partial charge in [0.25, 0.3) is 0 Å². The molecule has 0 aromatic heterocycles. The van der Waals surface area contributed by atoms with Gasteiger partial charge in [0, 0.05) is 11.5 Å². The standard InChI is InChI=1S/C47H66O12Si/c1-29(2)60(30(3)4,31(5)6)59-44-38(49)37(48)40(33(8)54-44)56-45-41(51-26-35-20-14-10-15-21-35)39(32(7)24-52-45)55-46-42-47(28-53-46,27-50-25-34-18-12-9-13-19-34)58-43(57-42)36-22-16-11-17-23-36/h9-23,29-33,37-46,48-49H,24-28H2,1-8H3/t32-,33?,37?,38+,39?,40-,41-,42?,43+,44-,45-,46-,47+/m1/s1. The van der Waals surface area contributed by atoms with E-state index in [2.05, 4.69) is 41.5 Å². The maximum atomic E-state index is 11.7. The summed E-state index contributed by atoms with van der Waals surface area (Å²) in [6, 6.07) is 29.7. The van der Waals surface area contributed by atoms with Gasteiger partial charge in [-0.1, -0.05) is 139 Å². The summed E-state index contributed by atoms with van der Waals surface area (Å²) in [4.78, 5) is 0. The molecule has 3 aromatic carbocycles. The summed E-state index contributed by atoms with van der Waals surface area (Å²) in [6.45, 7) is 18.2. The molecule has 3 aromatic rings. The van der Waals surface area contributed by atoms with Gasteiger partial charge in [-0.15, -0.1) is 0 Å². The smallest absolute Gasteiger partial charge is 0.203 e. The molecule has 0 amide bonds. The molecule has 4 heterocycles. The lowest BCUT2D eigenvalue weighted by molar-refractivity contribution is -0.348. The maximum absolute atomic E-state index is 11.7. The lowest BCUT2D eigenvalue weighted by Crippen LogP contribution is -2.64. The summed E-state index contributed by atoms with van der Waals surface area (Å²) in [5.41, 5.74) is 2.71. The van der Waals surface area contributed by atoms with Crippen molar-refractivity contribution < 1.29 is 57.3 Å². The van der Waals surface area contributed by atoms with Gasteiger partial charge in [-0.05, 0) is 34.7 Å². The van der Waals surface area contributed by atoms with Gasteiger partial charge in [-0.25, -0.2) is 0 Å². The van der Waals surface area contributed by atoms with Crippen LogP contribution < -0.4 is 0 Å². The van der Waals surface area contributed by atoms with Gasteiger partial charge in [0.1, 0.15) is 36.1 Å². The first kappa shape index (κ1) is 45.4. The molecule has 4 aliphatic rings. The zero-order valence-electron chi connectivity index (χ0n) is 36.3. The van der Waals surface area contributed by atoms with Crippen LogP contribution in [0.15, 0.2) is 91.0 Å². The summed E-state index contributed by atoms with van der Waals surface area (Å²) < 4.78 is 66.0. The number of aliphatic hydroxyl groups excluding tert-OH is 2. The predicted molar refractivity (Wildman–Crippen MR) is 226 cm³/mol. The lowest BCUT2D eigenvalue weighted by atomic mass is 9.95. The third-order valence-electron chi connectivity index (χ3n) is 12.7. The Morgan fingerprint density at radius 2 is 1.25 bits per heavy atom. The minimum absolute atomic E-state index is 0.166. The Bertz CT molecular complexity index is 1730. The molecular formula is C47H66O12Si. The van der Waals surface area contributed by atoms with E-state index in [1.807, 2.05) is 105 Å². The topological polar surface area (TPSA) is 133 Å². The largest absolute Gasteiger partial charge is 0.389 e. The number of hydrogen-bond donors (Lipinski definition) is 2. The molecule has 4 unspecified atom stereocenters. The Labute approximate surface area is 356 Å². The van der Waals surface area contributed by atoms with Crippen molar-refractivity contribution in [3.8, 4) is 0 Å². The monoisotopic (exact) mass is 850 g/mol. The molecule has 12 nitrogen and oxygen atoms in total. The molecule has 13 atom stereocenters. The summed E-state index contributed by atoms with van der Waals surface area (Å²) in [6.07, 6.45) is -9.84. The van der Waals surface area contributed by atoms with E-state index in [9.17, 15) is 10.2 Å². The van der Waals surface area contributed by atoms with Crippen LogP contribution in [-0.2, 0) is 60.3 Å². The van der Waals surface area contributed by atoms with Crippen LogP contribution in [0.3, 0.4) is 0 Å². The first-order valence-electron chi connectivity index (χ1n) is 21.7. The molecule has 4 fully saturated rings. The number of benzene rings is 3. The first-order valence-corrected chi connectivity index (χ1v) is 23.9. The molecule has 13 heteroatoms. The molecule has 2 N–H and O–H groups in total. The van der Waals surface area contributed by atoms with Crippen LogP contribution in [-0.4, -0.2) is 106 Å². The highest BCUT2D eigenvalue weighted by Crippen LogP contribution is 2.47.